The molecular formula is C25H30N2O4S. The van der Waals surface area contributed by atoms with E-state index in [0.717, 1.165) is 37.9 Å². The topological polar surface area (TPSA) is 60.0 Å². The average molecular weight is 455 g/mol. The molecule has 32 heavy (non-hydrogen) atoms. The van der Waals surface area contributed by atoms with Gasteiger partial charge in [0, 0.05) is 13.1 Å². The minimum atomic E-state index is -0.0415. The van der Waals surface area contributed by atoms with Crippen molar-refractivity contribution in [2.45, 2.75) is 24.8 Å². The fourth-order valence-corrected chi connectivity index (χ4v) is 5.46. The molecule has 0 saturated carbocycles. The van der Waals surface area contributed by atoms with Crippen molar-refractivity contribution < 1.29 is 19.0 Å². The van der Waals surface area contributed by atoms with E-state index >= 15 is 0 Å². The van der Waals surface area contributed by atoms with Crippen LogP contribution in [-0.4, -0.2) is 50.7 Å². The fourth-order valence-electron chi connectivity index (χ4n) is 4.33. The summed E-state index contributed by atoms with van der Waals surface area (Å²) in [5.74, 6) is 2.33. The summed E-state index contributed by atoms with van der Waals surface area (Å²) in [7, 11) is 4.75. The van der Waals surface area contributed by atoms with Gasteiger partial charge in [0.05, 0.1) is 26.2 Å². The van der Waals surface area contributed by atoms with Crippen LogP contribution in [0.2, 0.25) is 0 Å². The second-order valence-corrected chi connectivity index (χ2v) is 9.20. The van der Waals surface area contributed by atoms with E-state index in [9.17, 15) is 4.79 Å². The van der Waals surface area contributed by atoms with Gasteiger partial charge >= 0.3 is 0 Å². The second kappa shape index (κ2) is 10.3. The van der Waals surface area contributed by atoms with Gasteiger partial charge in [0.1, 0.15) is 5.50 Å². The number of carbonyl (C=O) groups excluding carboxylic acids is 1. The van der Waals surface area contributed by atoms with Crippen LogP contribution in [0.4, 0.5) is 0 Å². The molecule has 0 radical (unpaired) electrons. The number of ether oxygens (including phenoxy) is 3. The Balaban J connectivity index is 1.40. The van der Waals surface area contributed by atoms with E-state index in [1.54, 1.807) is 33.1 Å². The summed E-state index contributed by atoms with van der Waals surface area (Å²) >= 11 is 1.58. The normalized spacial score (nSPS) is 20.9. The number of benzene rings is 2. The van der Waals surface area contributed by atoms with Gasteiger partial charge in [-0.05, 0) is 54.5 Å². The number of hydrogen-bond acceptors (Lipinski definition) is 6. The lowest BCUT2D eigenvalue weighted by atomic mass is 9.90. The quantitative estimate of drug-likeness (QED) is 0.634. The summed E-state index contributed by atoms with van der Waals surface area (Å²) in [5.41, 5.74) is 2.22. The first kappa shape index (κ1) is 22.6. The van der Waals surface area contributed by atoms with Gasteiger partial charge in [0.2, 0.25) is 5.75 Å². The van der Waals surface area contributed by atoms with Gasteiger partial charge in [-0.25, -0.2) is 0 Å². The van der Waals surface area contributed by atoms with Gasteiger partial charge in [-0.3, -0.25) is 9.69 Å². The second-order valence-electron chi connectivity index (χ2n) is 8.08. The number of thioether (sulfide) groups is 1. The lowest BCUT2D eigenvalue weighted by Gasteiger charge is -2.35. The summed E-state index contributed by atoms with van der Waals surface area (Å²) in [4.78, 5) is 15.7. The first-order valence-electron chi connectivity index (χ1n) is 10.9. The SMILES string of the molecule is COc1cc(/C=C2\S[C@@H](N3CCC(Cc4ccccc4)CC3)NC2=O)cc(OC)c1OC. The highest BCUT2D eigenvalue weighted by Gasteiger charge is 2.34. The van der Waals surface area contributed by atoms with Gasteiger partial charge in [0.25, 0.3) is 5.91 Å². The number of methoxy groups -OCH3 is 3. The van der Waals surface area contributed by atoms with Crippen LogP contribution in [0, 0.1) is 5.92 Å². The van der Waals surface area contributed by atoms with Crippen LogP contribution in [0.3, 0.4) is 0 Å². The minimum absolute atomic E-state index is 0.0199. The first-order chi connectivity index (χ1) is 15.6. The maximum atomic E-state index is 12.7. The minimum Gasteiger partial charge on any atom is -0.493 e. The van der Waals surface area contributed by atoms with Crippen molar-refractivity contribution in [2.75, 3.05) is 34.4 Å². The smallest absolute Gasteiger partial charge is 0.259 e. The lowest BCUT2D eigenvalue weighted by Crippen LogP contribution is -2.45. The molecule has 0 aromatic heterocycles. The van der Waals surface area contributed by atoms with Crippen molar-refractivity contribution in [2.24, 2.45) is 5.92 Å². The Morgan fingerprint density at radius 2 is 1.69 bits per heavy atom. The Bertz CT molecular complexity index is 946. The molecule has 2 aromatic rings. The van der Waals surface area contributed by atoms with Gasteiger partial charge in [-0.1, -0.05) is 42.1 Å². The molecule has 7 heteroatoms. The molecule has 2 fully saturated rings. The van der Waals surface area contributed by atoms with Crippen LogP contribution in [0.1, 0.15) is 24.0 Å². The van der Waals surface area contributed by atoms with Crippen molar-refractivity contribution in [1.82, 2.24) is 10.2 Å². The number of piperidine rings is 1. The molecule has 0 bridgehead atoms. The third-order valence-corrected chi connectivity index (χ3v) is 7.25. The number of hydrogen-bond donors (Lipinski definition) is 1. The Labute approximate surface area is 193 Å². The molecule has 170 valence electrons. The van der Waals surface area contributed by atoms with Crippen molar-refractivity contribution in [1.29, 1.82) is 0 Å². The van der Waals surface area contributed by atoms with Gasteiger partial charge in [0.15, 0.2) is 11.5 Å². The summed E-state index contributed by atoms with van der Waals surface area (Å²) in [6, 6.07) is 14.4. The molecule has 1 N–H and O–H groups in total. The Kier molecular flexibility index (Phi) is 7.27. The summed E-state index contributed by atoms with van der Waals surface area (Å²) in [5, 5.41) is 3.13. The molecule has 0 aliphatic carbocycles. The van der Waals surface area contributed by atoms with Crippen molar-refractivity contribution in [3.63, 3.8) is 0 Å². The largest absolute Gasteiger partial charge is 0.493 e. The van der Waals surface area contributed by atoms with Gasteiger partial charge in [-0.2, -0.15) is 0 Å². The molecule has 2 aliphatic heterocycles. The monoisotopic (exact) mass is 454 g/mol. The van der Waals surface area contributed by atoms with Crippen molar-refractivity contribution in [3.05, 3.63) is 58.5 Å². The maximum Gasteiger partial charge on any atom is 0.259 e. The van der Waals surface area contributed by atoms with Gasteiger partial charge < -0.3 is 19.5 Å². The van der Waals surface area contributed by atoms with E-state index in [0.29, 0.717) is 28.1 Å². The Morgan fingerprint density at radius 1 is 1.03 bits per heavy atom. The Morgan fingerprint density at radius 3 is 2.28 bits per heavy atom. The van der Waals surface area contributed by atoms with Crippen LogP contribution in [0.15, 0.2) is 47.4 Å². The van der Waals surface area contributed by atoms with Crippen LogP contribution in [-0.2, 0) is 11.2 Å². The van der Waals surface area contributed by atoms with E-state index in [1.807, 2.05) is 18.2 Å². The number of carbonyl (C=O) groups is 1. The molecule has 1 amide bonds. The van der Waals surface area contributed by atoms with Crippen LogP contribution < -0.4 is 19.5 Å². The predicted octanol–water partition coefficient (Wildman–Crippen LogP) is 4.15. The van der Waals surface area contributed by atoms with Crippen LogP contribution in [0.25, 0.3) is 6.08 Å². The summed E-state index contributed by atoms with van der Waals surface area (Å²) in [6.07, 6.45) is 5.30. The van der Waals surface area contributed by atoms with E-state index in [1.165, 1.54) is 5.56 Å². The first-order valence-corrected chi connectivity index (χ1v) is 11.8. The van der Waals surface area contributed by atoms with Crippen LogP contribution >= 0.6 is 11.8 Å². The van der Waals surface area contributed by atoms with E-state index in [4.69, 9.17) is 14.2 Å². The zero-order valence-corrected chi connectivity index (χ0v) is 19.6. The average Bonchev–Trinajstić information content (AvgIpc) is 3.19. The third-order valence-electron chi connectivity index (χ3n) is 6.05. The van der Waals surface area contributed by atoms with E-state index < -0.39 is 0 Å². The third kappa shape index (κ3) is 5.05. The molecule has 4 rings (SSSR count). The van der Waals surface area contributed by atoms with Gasteiger partial charge in [-0.15, -0.1) is 0 Å². The molecule has 2 saturated heterocycles. The highest BCUT2D eigenvalue weighted by molar-refractivity contribution is 8.05. The molecule has 6 nitrogen and oxygen atoms in total. The number of nitrogens with zero attached hydrogens (tertiary/aromatic N) is 1. The highest BCUT2D eigenvalue weighted by atomic mass is 32.2. The number of amides is 1. The molecular weight excluding hydrogens is 424 g/mol. The number of rotatable bonds is 7. The maximum absolute atomic E-state index is 12.7. The Hall–Kier alpha value is -2.64. The number of nitrogens with one attached hydrogen (secondary N) is 1. The number of likely N-dealkylation sites (tertiary alicyclic amines) is 1. The molecule has 0 spiro atoms. The molecule has 0 unspecified atom stereocenters. The van der Waals surface area contributed by atoms with E-state index in [-0.39, 0.29) is 11.4 Å². The van der Waals surface area contributed by atoms with Crippen molar-refractivity contribution in [3.8, 4) is 17.2 Å². The summed E-state index contributed by atoms with van der Waals surface area (Å²) in [6.45, 7) is 1.99. The molecule has 1 atom stereocenters. The molecule has 2 aromatic carbocycles. The predicted molar refractivity (Wildman–Crippen MR) is 128 cm³/mol. The fraction of sp³-hybridized carbons (Fsp3) is 0.400. The van der Waals surface area contributed by atoms with Crippen LogP contribution in [0.5, 0.6) is 17.2 Å². The van der Waals surface area contributed by atoms with E-state index in [2.05, 4.69) is 40.5 Å². The zero-order valence-electron chi connectivity index (χ0n) is 18.8. The standard InChI is InChI=1S/C25H30N2O4S/c1-29-20-14-19(15-21(30-2)23(20)31-3)16-22-24(28)26-25(32-22)27-11-9-18(10-12-27)13-17-7-5-4-6-8-17/h4-8,14-16,18,25H,9-13H2,1-3H3,(H,26,28)/b22-16-/t25-/m1/s1. The zero-order chi connectivity index (χ0) is 22.5. The molecule has 2 aliphatic rings. The van der Waals surface area contributed by atoms with Crippen molar-refractivity contribution >= 4 is 23.7 Å². The highest BCUT2D eigenvalue weighted by Crippen LogP contribution is 2.40. The molecule has 2 heterocycles. The lowest BCUT2D eigenvalue weighted by molar-refractivity contribution is -0.117. The summed E-state index contributed by atoms with van der Waals surface area (Å²) < 4.78 is 16.2.